The van der Waals surface area contributed by atoms with Gasteiger partial charge in [-0.1, -0.05) is 155 Å². The van der Waals surface area contributed by atoms with Gasteiger partial charge in [0.2, 0.25) is 0 Å². The zero-order valence-corrected chi connectivity index (χ0v) is 70.6. The number of Topliss-reactive ketones (excluding diaryl/α,β-unsaturated/α-hetero) is 4. The highest BCUT2D eigenvalue weighted by atomic mass is 35.5. The number of hydrogen-bond acceptors (Lipinski definition) is 19. The van der Waals surface area contributed by atoms with Crippen LogP contribution in [-0.2, 0) is 19.3 Å². The number of nitriles is 4. The number of halogens is 5. The zero-order chi connectivity index (χ0) is 94.9. The van der Waals surface area contributed by atoms with Gasteiger partial charge in [-0.15, -0.1) is 0 Å². The number of aromatic carboxylic acids is 7. The summed E-state index contributed by atoms with van der Waals surface area (Å²) in [6, 6.07) is 70.2. The van der Waals surface area contributed by atoms with E-state index in [9.17, 15) is 67.1 Å². The maximum atomic E-state index is 12.3. The Labute approximate surface area is 757 Å². The number of carboxylic acids is 7. The molecule has 0 fully saturated rings. The summed E-state index contributed by atoms with van der Waals surface area (Å²) in [6.45, 7) is 1.40. The second-order valence-electron chi connectivity index (χ2n) is 26.3. The molecule has 34 heteroatoms. The van der Waals surface area contributed by atoms with Gasteiger partial charge in [0.25, 0.3) is 17.7 Å². The van der Waals surface area contributed by atoms with Crippen LogP contribution in [0.4, 0.5) is 17.1 Å². The number of hydrogen-bond donors (Lipinski definition) is 10. The van der Waals surface area contributed by atoms with Crippen molar-refractivity contribution in [1.82, 2.24) is 0 Å². The van der Waals surface area contributed by atoms with Crippen molar-refractivity contribution in [1.29, 1.82) is 21.0 Å². The number of anilines is 3. The first kappa shape index (κ1) is 99.3. The molecule has 0 bridgehead atoms. The van der Waals surface area contributed by atoms with Gasteiger partial charge in [0.05, 0.1) is 130 Å². The number of benzene rings is 12. The molecule has 0 aromatic heterocycles. The van der Waals surface area contributed by atoms with Crippen LogP contribution in [0.3, 0.4) is 0 Å². The minimum absolute atomic E-state index is 0.00173. The Bertz CT molecular complexity index is 6650. The van der Waals surface area contributed by atoms with Gasteiger partial charge in [-0.3, -0.25) is 33.6 Å². The molecule has 0 radical (unpaired) electrons. The first-order chi connectivity index (χ1) is 61.4. The Morgan fingerprint density at radius 3 is 1.09 bits per heavy atom. The third kappa shape index (κ3) is 28.4. The summed E-state index contributed by atoms with van der Waals surface area (Å²) in [5.41, 5.74) is 4.02. The minimum Gasteiger partial charge on any atom is -0.495 e. The van der Waals surface area contributed by atoms with Crippen molar-refractivity contribution in [2.75, 3.05) is 23.1 Å². The van der Waals surface area contributed by atoms with Gasteiger partial charge in [-0.25, -0.2) is 33.6 Å². The Balaban J connectivity index is 0.000000212. The highest BCUT2D eigenvalue weighted by Gasteiger charge is 2.25. The molecule has 29 nitrogen and oxygen atoms in total. The number of ether oxygens (including phenoxy) is 1. The van der Waals surface area contributed by atoms with Crippen molar-refractivity contribution >= 4 is 158 Å². The van der Waals surface area contributed by atoms with Gasteiger partial charge >= 0.3 is 41.8 Å². The van der Waals surface area contributed by atoms with E-state index in [1.165, 1.54) is 178 Å². The molecule has 0 saturated heterocycles. The minimum atomic E-state index is -1.20. The lowest BCUT2D eigenvalue weighted by Crippen LogP contribution is -2.16. The summed E-state index contributed by atoms with van der Waals surface area (Å²) < 4.78 is 5.12. The lowest BCUT2D eigenvalue weighted by molar-refractivity contribution is 0.0683. The van der Waals surface area contributed by atoms with E-state index in [1.807, 2.05) is 24.3 Å². The highest BCUT2D eigenvalue weighted by molar-refractivity contribution is 6.35. The van der Waals surface area contributed by atoms with Gasteiger partial charge in [-0.05, 0) is 181 Å². The summed E-state index contributed by atoms with van der Waals surface area (Å²) in [7, 11) is 1.43. The highest BCUT2D eigenvalue weighted by Crippen LogP contribution is 2.30. The fraction of sp³-hybridized carbons (Fsp3) is 0.0526. The number of methoxy groups -OCH3 is 1. The molecule has 0 aliphatic heterocycles. The van der Waals surface area contributed by atoms with Gasteiger partial charge in [0.15, 0.2) is 23.1 Å². The number of nitrogens with zero attached hydrogens (tertiary/aromatic N) is 4. The van der Waals surface area contributed by atoms with E-state index in [0.717, 1.165) is 0 Å². The molecular weight excluding hydrogens is 1770 g/mol. The summed E-state index contributed by atoms with van der Waals surface area (Å²) in [5.74, 6) is -10.9. The molecule has 0 aliphatic carbocycles. The Morgan fingerprint density at radius 2 is 0.674 bits per heavy atom. The average molecular weight is 1830 g/mol. The number of carbonyl (C=O) groups is 14. The largest absolute Gasteiger partial charge is 0.495 e. The number of amides is 3. The second-order valence-corrected chi connectivity index (χ2v) is 28.4. The van der Waals surface area contributed by atoms with E-state index in [4.69, 9.17) is 120 Å². The van der Waals surface area contributed by atoms with Crippen LogP contribution >= 0.6 is 58.0 Å². The number of nitrogens with one attached hydrogen (secondary N) is 3. The summed E-state index contributed by atoms with van der Waals surface area (Å²) in [6.07, 6.45) is -0.189. The second kappa shape index (κ2) is 47.8. The molecule has 12 aromatic rings. The normalized spacial score (nSPS) is 9.91. The molecule has 12 rings (SSSR count). The lowest BCUT2D eigenvalue weighted by atomic mass is 9.97. The van der Waals surface area contributed by atoms with Gasteiger partial charge in [-0.2, -0.15) is 21.0 Å². The van der Waals surface area contributed by atoms with Crippen molar-refractivity contribution in [2.24, 2.45) is 0 Å². The van der Waals surface area contributed by atoms with Gasteiger partial charge in [0, 0.05) is 57.2 Å². The lowest BCUT2D eigenvalue weighted by Gasteiger charge is -2.11. The first-order valence-electron chi connectivity index (χ1n) is 36.9. The van der Waals surface area contributed by atoms with E-state index < -0.39 is 65.3 Å². The average Bonchev–Trinajstić information content (AvgIpc) is 0.843. The van der Waals surface area contributed by atoms with E-state index in [-0.39, 0.29) is 135 Å². The third-order valence-electron chi connectivity index (χ3n) is 17.7. The molecule has 0 heterocycles. The third-order valence-corrected chi connectivity index (χ3v) is 19.3. The number of carboxylic acid groups (broad SMARTS) is 7. The molecule has 0 atom stereocenters. The Kier molecular flexibility index (Phi) is 36.8. The van der Waals surface area contributed by atoms with Crippen LogP contribution in [0.1, 0.15) is 191 Å². The van der Waals surface area contributed by atoms with Crippen molar-refractivity contribution in [3.8, 4) is 30.0 Å². The Morgan fingerprint density at radius 1 is 0.310 bits per heavy atom. The molecule has 0 aliphatic rings. The van der Waals surface area contributed by atoms with Crippen molar-refractivity contribution < 1.29 is 108 Å². The van der Waals surface area contributed by atoms with Crippen molar-refractivity contribution in [3.05, 3.63) is 397 Å². The van der Waals surface area contributed by atoms with Crippen molar-refractivity contribution in [3.63, 3.8) is 0 Å². The van der Waals surface area contributed by atoms with Gasteiger partial charge in [0.1, 0.15) is 11.8 Å². The molecular formula is C95H64Cl5N7O22. The number of carbonyl (C=O) groups excluding carboxylic acids is 7. The first-order valence-corrected chi connectivity index (χ1v) is 38.8. The van der Waals surface area contributed by atoms with E-state index in [1.54, 1.807) is 91.0 Å². The van der Waals surface area contributed by atoms with Crippen LogP contribution in [0.15, 0.2) is 255 Å². The maximum absolute atomic E-state index is 12.3. The van der Waals surface area contributed by atoms with E-state index in [0.29, 0.717) is 66.1 Å². The predicted molar refractivity (Wildman–Crippen MR) is 474 cm³/mol. The molecule has 12 aromatic carbocycles. The zero-order valence-electron chi connectivity index (χ0n) is 66.8. The Hall–Kier alpha value is -16.8. The smallest absolute Gasteiger partial charge is 0.336 e. The molecule has 129 heavy (non-hydrogen) atoms. The fourth-order valence-electron chi connectivity index (χ4n) is 11.6. The molecule has 0 saturated carbocycles. The molecule has 3 amide bonds. The predicted octanol–water partition coefficient (Wildman–Crippen LogP) is 19.0. The van der Waals surface area contributed by atoms with E-state index >= 15 is 0 Å². The van der Waals surface area contributed by atoms with Crippen LogP contribution in [0, 0.1) is 45.3 Å². The topological polar surface area (TPSA) is 521 Å². The quantitative estimate of drug-likeness (QED) is 0.0251. The van der Waals surface area contributed by atoms with Crippen molar-refractivity contribution in [2.45, 2.75) is 26.2 Å². The van der Waals surface area contributed by atoms with Crippen LogP contribution in [0.5, 0.6) is 5.75 Å². The van der Waals surface area contributed by atoms with Gasteiger partial charge < -0.3 is 56.4 Å². The van der Waals surface area contributed by atoms with Crippen LogP contribution in [0.2, 0.25) is 25.1 Å². The number of rotatable bonds is 24. The molecule has 0 spiro atoms. The SMILES string of the molecule is CC(=O)c1cc(CC(=O)c2ccccc2C(=O)O)ccc1Cl.COc1ccc(C#N)cc1NC(=O)c1ccccc1C(=O)O.N#Cc1cc(Cl)cc(CC(=O)c2ccccc2C(=O)O)c1.N#Cc1cc(NC(=O)c2ccccc2C(=O)O)ccc1Cl.N#Cc1ccc(Cl)c(NC(=O)c2ccccc2C(=O)O)c1.O=C(O)c1ccc(Cl)c(CC(=O)c2ccccc2C(=O)O)c1. The van der Waals surface area contributed by atoms with Crippen LogP contribution in [-0.4, -0.2) is 125 Å². The fourth-order valence-corrected chi connectivity index (χ4v) is 12.6. The molecule has 10 N–H and O–H groups in total. The molecule has 646 valence electrons. The maximum Gasteiger partial charge on any atom is 0.336 e. The standard InChI is InChI=1S/C17H13ClO4.C16H10ClNO3.C16H11ClO5.C16H12N2O4.2C15H9ClN2O3/c1-10(19)14-8-11(6-7-15(14)18)9-16(20)12-4-2-3-5-13(12)17(21)22;17-12-6-10(5-11(7-12)9-18)8-15(19)13-3-1-2-4-14(13)16(20)21;17-13-6-5-9(15(19)20)7-10(13)8-14(18)11-3-1-2-4-12(11)16(21)22;1-22-14-7-6-10(9-17)8-13(14)18-15(19)11-4-2-3-5-12(11)16(20)21;16-13-6-5-10(7-9(13)8-17)18-14(19)11-3-1-2-4-12(11)15(20)21;16-12-6-5-9(8-17)7-13(12)18-14(19)10-3-1-2-4-11(10)15(20)21/h2-8H,9H2,1H3,(H,21,22);1-7H,8H2,(H,20,21);1-7H,8H2,(H,19,20)(H,21,22);2-8H,1H3,(H,18,19)(H,20,21);2*1-7H,(H,18,19)(H,20,21). The van der Waals surface area contributed by atoms with E-state index in [2.05, 4.69) is 16.0 Å². The van der Waals surface area contributed by atoms with Crippen LogP contribution in [0.25, 0.3) is 0 Å². The monoisotopic (exact) mass is 1830 g/mol. The molecule has 0 unspecified atom stereocenters. The number of ketones is 4. The summed E-state index contributed by atoms with van der Waals surface area (Å²) in [4.78, 5) is 163. The summed E-state index contributed by atoms with van der Waals surface area (Å²) in [5, 5.41) is 108. The van der Waals surface area contributed by atoms with Crippen LogP contribution < -0.4 is 20.7 Å². The summed E-state index contributed by atoms with van der Waals surface area (Å²) >= 11 is 29.5.